The van der Waals surface area contributed by atoms with Gasteiger partial charge in [0, 0.05) is 47.5 Å². The Balaban J connectivity index is 1.44. The fraction of sp³-hybridized carbons (Fsp3) is 0.276. The molecule has 3 aromatic rings. The van der Waals surface area contributed by atoms with Crippen LogP contribution >= 0.6 is 0 Å². The molecule has 194 valence electrons. The third kappa shape index (κ3) is 5.37. The normalized spacial score (nSPS) is 21.1. The van der Waals surface area contributed by atoms with Crippen LogP contribution in [-0.4, -0.2) is 39.9 Å². The van der Waals surface area contributed by atoms with Gasteiger partial charge >= 0.3 is 0 Å². The molecule has 0 fully saturated rings. The number of halogens is 2. The van der Waals surface area contributed by atoms with E-state index in [1.54, 1.807) is 31.5 Å². The van der Waals surface area contributed by atoms with Gasteiger partial charge in [-0.2, -0.15) is 0 Å². The number of amides is 1. The first kappa shape index (κ1) is 25.4. The fourth-order valence-electron chi connectivity index (χ4n) is 4.61. The first-order chi connectivity index (χ1) is 18.3. The summed E-state index contributed by atoms with van der Waals surface area (Å²) in [4.78, 5) is 32.0. The topological polar surface area (TPSA) is 88.8 Å². The number of oxime groups is 1. The van der Waals surface area contributed by atoms with Crippen molar-refractivity contribution in [2.75, 3.05) is 0 Å². The predicted octanol–water partition coefficient (Wildman–Crippen LogP) is 5.36. The molecular formula is C29H27F2N5O2. The van der Waals surface area contributed by atoms with E-state index in [1.165, 1.54) is 0 Å². The maximum atomic E-state index is 14.3. The second-order valence-corrected chi connectivity index (χ2v) is 9.65. The Bertz CT molecular complexity index is 1450. The SMILES string of the molecule is Cc1ccc(-c2cc(C(=O)N[C@@H](C)c3ncc(F)cc3F)cc(C3=NO[C@H](C4N=CC=CC4C)C3)c2)nc1. The van der Waals surface area contributed by atoms with Gasteiger partial charge < -0.3 is 10.2 Å². The first-order valence-corrected chi connectivity index (χ1v) is 12.4. The molecular weight excluding hydrogens is 488 g/mol. The lowest BCUT2D eigenvalue weighted by atomic mass is 9.90. The van der Waals surface area contributed by atoms with E-state index in [2.05, 4.69) is 38.4 Å². The molecule has 1 aromatic carbocycles. The second-order valence-electron chi connectivity index (χ2n) is 9.65. The van der Waals surface area contributed by atoms with E-state index in [-0.39, 0.29) is 23.8 Å². The maximum absolute atomic E-state index is 14.3. The maximum Gasteiger partial charge on any atom is 0.251 e. The zero-order chi connectivity index (χ0) is 26.8. The highest BCUT2D eigenvalue weighted by Gasteiger charge is 2.33. The highest BCUT2D eigenvalue weighted by atomic mass is 19.1. The molecule has 2 aliphatic rings. The van der Waals surface area contributed by atoms with Gasteiger partial charge in [-0.15, -0.1) is 0 Å². The Labute approximate surface area is 219 Å². The Morgan fingerprint density at radius 3 is 2.66 bits per heavy atom. The van der Waals surface area contributed by atoms with E-state index < -0.39 is 23.6 Å². The van der Waals surface area contributed by atoms with Crippen LogP contribution in [0.1, 0.15) is 53.5 Å². The van der Waals surface area contributed by atoms with Gasteiger partial charge in [0.05, 0.1) is 35.4 Å². The number of dihydropyridines is 1. The number of aliphatic imine (C=N–C) groups is 1. The summed E-state index contributed by atoms with van der Waals surface area (Å²) in [6.45, 7) is 5.63. The summed E-state index contributed by atoms with van der Waals surface area (Å²) in [6.07, 6.45) is 8.79. The van der Waals surface area contributed by atoms with E-state index in [9.17, 15) is 13.6 Å². The highest BCUT2D eigenvalue weighted by Crippen LogP contribution is 2.29. The number of hydrogen-bond acceptors (Lipinski definition) is 6. The van der Waals surface area contributed by atoms with Crippen LogP contribution in [0, 0.1) is 24.5 Å². The summed E-state index contributed by atoms with van der Waals surface area (Å²) in [5.74, 6) is -1.83. The standard InChI is InChI=1S/C29H27F2N5O2/c1-16-6-7-24(33-14-16)19-9-20(25-13-26(38-36-25)27-17(2)5-4-8-32-27)11-21(10-19)29(37)35-18(3)28-23(31)12-22(30)15-34-28/h4-12,14-15,17-18,26-27H,13H2,1-3H3,(H,35,37)/t17?,18-,26-,27?/m0/s1. The molecule has 0 radical (unpaired) electrons. The lowest BCUT2D eigenvalue weighted by Crippen LogP contribution is -2.31. The molecule has 2 aliphatic heterocycles. The number of aryl methyl sites for hydroxylation is 1. The van der Waals surface area contributed by atoms with Gasteiger partial charge in [-0.3, -0.25) is 19.8 Å². The Kier molecular flexibility index (Phi) is 7.09. The van der Waals surface area contributed by atoms with Gasteiger partial charge in [-0.05, 0) is 49.8 Å². The molecule has 4 heterocycles. The van der Waals surface area contributed by atoms with Crippen LogP contribution in [0.3, 0.4) is 0 Å². The summed E-state index contributed by atoms with van der Waals surface area (Å²) < 4.78 is 27.6. The van der Waals surface area contributed by atoms with E-state index in [4.69, 9.17) is 4.84 Å². The van der Waals surface area contributed by atoms with Crippen molar-refractivity contribution in [3.63, 3.8) is 0 Å². The highest BCUT2D eigenvalue weighted by molar-refractivity contribution is 6.05. The number of rotatable bonds is 6. The van der Waals surface area contributed by atoms with E-state index >= 15 is 0 Å². The van der Waals surface area contributed by atoms with Crippen LogP contribution in [-0.2, 0) is 4.84 Å². The van der Waals surface area contributed by atoms with Gasteiger partial charge in [0.2, 0.25) is 0 Å². The van der Waals surface area contributed by atoms with Crippen molar-refractivity contribution in [3.8, 4) is 11.3 Å². The van der Waals surface area contributed by atoms with Crippen molar-refractivity contribution in [1.29, 1.82) is 0 Å². The summed E-state index contributed by atoms with van der Waals surface area (Å²) in [5.41, 5.74) is 4.14. The molecule has 2 aromatic heterocycles. The smallest absolute Gasteiger partial charge is 0.251 e. The summed E-state index contributed by atoms with van der Waals surface area (Å²) >= 11 is 0. The van der Waals surface area contributed by atoms with Gasteiger partial charge in [0.15, 0.2) is 6.10 Å². The number of aromatic nitrogens is 2. The quantitative estimate of drug-likeness (QED) is 0.479. The van der Waals surface area contributed by atoms with E-state index in [0.717, 1.165) is 29.0 Å². The summed E-state index contributed by atoms with van der Waals surface area (Å²) in [6, 6.07) is 9.12. The zero-order valence-electron chi connectivity index (χ0n) is 21.2. The number of hydrogen-bond donors (Lipinski definition) is 1. The Morgan fingerprint density at radius 1 is 1.11 bits per heavy atom. The molecule has 1 N–H and O–H groups in total. The molecule has 9 heteroatoms. The molecule has 1 amide bonds. The molecule has 0 aliphatic carbocycles. The Hall–Kier alpha value is -4.27. The average molecular weight is 516 g/mol. The van der Waals surface area contributed by atoms with Crippen LogP contribution < -0.4 is 5.32 Å². The number of allylic oxidation sites excluding steroid dienone is 1. The Morgan fingerprint density at radius 2 is 1.92 bits per heavy atom. The zero-order valence-corrected chi connectivity index (χ0v) is 21.2. The van der Waals surface area contributed by atoms with E-state index in [1.807, 2.05) is 31.2 Å². The summed E-state index contributed by atoms with van der Waals surface area (Å²) in [5, 5.41) is 7.11. The predicted molar refractivity (Wildman–Crippen MR) is 141 cm³/mol. The van der Waals surface area contributed by atoms with Crippen LogP contribution in [0.4, 0.5) is 8.78 Å². The number of carbonyl (C=O) groups is 1. The van der Waals surface area contributed by atoms with Crippen LogP contribution in [0.25, 0.3) is 11.3 Å². The monoisotopic (exact) mass is 515 g/mol. The van der Waals surface area contributed by atoms with Crippen molar-refractivity contribution in [2.45, 2.75) is 45.4 Å². The number of nitrogens with zero attached hydrogens (tertiary/aromatic N) is 4. The van der Waals surface area contributed by atoms with Crippen LogP contribution in [0.15, 0.2) is 71.1 Å². The number of carbonyl (C=O) groups excluding carboxylic acids is 1. The van der Waals surface area contributed by atoms with Crippen LogP contribution in [0.5, 0.6) is 0 Å². The second kappa shape index (κ2) is 10.6. The summed E-state index contributed by atoms with van der Waals surface area (Å²) in [7, 11) is 0. The molecule has 0 bridgehead atoms. The minimum atomic E-state index is -0.825. The van der Waals surface area contributed by atoms with Gasteiger partial charge in [-0.25, -0.2) is 8.78 Å². The number of nitrogens with one attached hydrogen (secondary N) is 1. The van der Waals surface area contributed by atoms with Crippen molar-refractivity contribution in [1.82, 2.24) is 15.3 Å². The van der Waals surface area contributed by atoms with Gasteiger partial charge in [-0.1, -0.05) is 24.2 Å². The minimum absolute atomic E-state index is 0.0510. The third-order valence-corrected chi connectivity index (χ3v) is 6.70. The van der Waals surface area contributed by atoms with Gasteiger partial charge in [0.1, 0.15) is 11.6 Å². The van der Waals surface area contributed by atoms with Crippen molar-refractivity contribution in [3.05, 3.63) is 95.0 Å². The van der Waals surface area contributed by atoms with Crippen molar-refractivity contribution >= 4 is 17.8 Å². The average Bonchev–Trinajstić information content (AvgIpc) is 3.39. The fourth-order valence-corrected chi connectivity index (χ4v) is 4.61. The van der Waals surface area contributed by atoms with Crippen molar-refractivity contribution < 1.29 is 18.4 Å². The lowest BCUT2D eigenvalue weighted by Gasteiger charge is -2.23. The van der Waals surface area contributed by atoms with Crippen molar-refractivity contribution in [2.24, 2.45) is 16.1 Å². The first-order valence-electron chi connectivity index (χ1n) is 12.4. The molecule has 5 rings (SSSR count). The number of benzene rings is 1. The van der Waals surface area contributed by atoms with Crippen LogP contribution in [0.2, 0.25) is 0 Å². The third-order valence-electron chi connectivity index (χ3n) is 6.70. The molecule has 0 saturated heterocycles. The number of pyridine rings is 2. The molecule has 38 heavy (non-hydrogen) atoms. The minimum Gasteiger partial charge on any atom is -0.390 e. The molecule has 7 nitrogen and oxygen atoms in total. The van der Waals surface area contributed by atoms with E-state index in [0.29, 0.717) is 23.4 Å². The molecule has 0 saturated carbocycles. The molecule has 4 atom stereocenters. The molecule has 2 unspecified atom stereocenters. The molecule has 0 spiro atoms. The van der Waals surface area contributed by atoms with Gasteiger partial charge in [0.25, 0.3) is 5.91 Å². The largest absolute Gasteiger partial charge is 0.390 e. The lowest BCUT2D eigenvalue weighted by molar-refractivity contribution is 0.0576.